The molecule has 0 saturated heterocycles. The highest BCUT2D eigenvalue weighted by atomic mass is 16.2. The molecule has 7 heteroatoms. The van der Waals surface area contributed by atoms with E-state index in [0.717, 1.165) is 5.56 Å². The second kappa shape index (κ2) is 8.79. The second-order valence-corrected chi connectivity index (χ2v) is 7.44. The number of H-pyrrole nitrogens is 1. The van der Waals surface area contributed by atoms with Gasteiger partial charge in [0.05, 0.1) is 12.1 Å². The Morgan fingerprint density at radius 2 is 1.77 bits per heavy atom. The molecule has 7 nitrogen and oxygen atoms in total. The van der Waals surface area contributed by atoms with E-state index in [2.05, 4.69) is 22.2 Å². The monoisotopic (exact) mass is 414 g/mol. The van der Waals surface area contributed by atoms with Crippen LogP contribution in [0.25, 0.3) is 11.2 Å². The van der Waals surface area contributed by atoms with Crippen molar-refractivity contribution in [3.05, 3.63) is 110 Å². The molecule has 2 aromatic heterocycles. The molecule has 2 heterocycles. The fourth-order valence-electron chi connectivity index (χ4n) is 3.44. The smallest absolute Gasteiger partial charge is 0.318 e. The first-order valence-electron chi connectivity index (χ1n) is 10.0. The molecule has 2 aromatic carbocycles. The van der Waals surface area contributed by atoms with Crippen LogP contribution in [0.1, 0.15) is 34.3 Å². The third kappa shape index (κ3) is 4.45. The van der Waals surface area contributed by atoms with Gasteiger partial charge in [-0.15, -0.1) is 0 Å². The number of carbonyl (C=O) groups excluding carboxylic acids is 1. The van der Waals surface area contributed by atoms with Crippen molar-refractivity contribution in [2.75, 3.05) is 6.54 Å². The van der Waals surface area contributed by atoms with Crippen LogP contribution in [0.4, 0.5) is 0 Å². The third-order valence-electron chi connectivity index (χ3n) is 5.22. The zero-order valence-corrected chi connectivity index (χ0v) is 17.0. The van der Waals surface area contributed by atoms with E-state index in [1.807, 2.05) is 30.3 Å². The van der Waals surface area contributed by atoms with Crippen molar-refractivity contribution < 1.29 is 4.79 Å². The third-order valence-corrected chi connectivity index (χ3v) is 5.22. The van der Waals surface area contributed by atoms with Crippen LogP contribution >= 0.6 is 0 Å². The van der Waals surface area contributed by atoms with Gasteiger partial charge in [0.2, 0.25) is 0 Å². The number of aromatic nitrogens is 3. The fourth-order valence-corrected chi connectivity index (χ4v) is 3.44. The highest BCUT2D eigenvalue weighted by molar-refractivity contribution is 5.94. The molecule has 0 radical (unpaired) electrons. The van der Waals surface area contributed by atoms with Crippen LogP contribution in [0.15, 0.2) is 82.5 Å². The second-order valence-electron chi connectivity index (χ2n) is 7.44. The van der Waals surface area contributed by atoms with E-state index in [9.17, 15) is 14.4 Å². The average molecular weight is 414 g/mol. The van der Waals surface area contributed by atoms with E-state index >= 15 is 0 Å². The van der Waals surface area contributed by atoms with Gasteiger partial charge in [-0.25, -0.2) is 4.98 Å². The number of pyridine rings is 1. The van der Waals surface area contributed by atoms with E-state index in [1.165, 1.54) is 10.1 Å². The Labute approximate surface area is 178 Å². The van der Waals surface area contributed by atoms with Crippen molar-refractivity contribution in [2.45, 2.75) is 19.4 Å². The molecule has 0 aliphatic heterocycles. The number of aromatic amines is 1. The normalized spacial score (nSPS) is 11.9. The summed E-state index contributed by atoms with van der Waals surface area (Å²) < 4.78 is 1.34. The van der Waals surface area contributed by atoms with Crippen molar-refractivity contribution in [1.82, 2.24) is 19.9 Å². The zero-order valence-electron chi connectivity index (χ0n) is 17.0. The van der Waals surface area contributed by atoms with E-state index in [-0.39, 0.29) is 18.4 Å². The summed E-state index contributed by atoms with van der Waals surface area (Å²) in [6, 6.07) is 20.4. The Morgan fingerprint density at radius 3 is 2.52 bits per heavy atom. The molecule has 0 aliphatic carbocycles. The van der Waals surface area contributed by atoms with E-state index < -0.39 is 11.1 Å². The van der Waals surface area contributed by atoms with Crippen molar-refractivity contribution in [2.24, 2.45) is 0 Å². The van der Waals surface area contributed by atoms with Gasteiger partial charge in [0, 0.05) is 18.3 Å². The number of nitrogens with one attached hydrogen (secondary N) is 2. The molecule has 0 spiro atoms. The number of amides is 1. The van der Waals surface area contributed by atoms with Crippen molar-refractivity contribution in [3.63, 3.8) is 0 Å². The van der Waals surface area contributed by atoms with E-state index in [1.54, 1.807) is 42.6 Å². The summed E-state index contributed by atoms with van der Waals surface area (Å²) in [7, 11) is 0. The van der Waals surface area contributed by atoms with Crippen LogP contribution in [0.5, 0.6) is 0 Å². The van der Waals surface area contributed by atoms with Crippen molar-refractivity contribution >= 4 is 17.1 Å². The van der Waals surface area contributed by atoms with Gasteiger partial charge < -0.3 is 10.3 Å². The zero-order chi connectivity index (χ0) is 21.8. The molecular formula is C24H22N4O3. The van der Waals surface area contributed by atoms with Gasteiger partial charge in [0.15, 0.2) is 5.65 Å². The standard InChI is InChI=1S/C24H22N4O3/c1-16(18-6-3-2-4-7-18)14-26-22(29)19-11-9-17(10-12-19)15-28-21-20(8-5-13-25-21)27-23(30)24(28)31/h2-13,16H,14-15H2,1H3,(H,26,29)(H,27,30)/t16-/m0/s1. The van der Waals surface area contributed by atoms with Gasteiger partial charge in [-0.3, -0.25) is 19.0 Å². The lowest BCUT2D eigenvalue weighted by Crippen LogP contribution is -2.37. The average Bonchev–Trinajstić information content (AvgIpc) is 2.81. The predicted molar refractivity (Wildman–Crippen MR) is 119 cm³/mol. The van der Waals surface area contributed by atoms with Crippen molar-refractivity contribution in [3.8, 4) is 0 Å². The summed E-state index contributed by atoms with van der Waals surface area (Å²) in [5.41, 5.74) is 2.03. The summed E-state index contributed by atoms with van der Waals surface area (Å²) in [5.74, 6) is 0.0445. The van der Waals surface area contributed by atoms with Gasteiger partial charge in [-0.2, -0.15) is 0 Å². The largest absolute Gasteiger partial charge is 0.351 e. The summed E-state index contributed by atoms with van der Waals surface area (Å²) in [4.78, 5) is 43.6. The minimum absolute atomic E-state index is 0.158. The maximum absolute atomic E-state index is 12.5. The lowest BCUT2D eigenvalue weighted by atomic mass is 10.0. The van der Waals surface area contributed by atoms with Crippen LogP contribution in [0, 0.1) is 0 Å². The number of nitrogens with zero attached hydrogens (tertiary/aromatic N) is 2. The van der Waals surface area contributed by atoms with Crippen LogP contribution in [-0.4, -0.2) is 27.0 Å². The van der Waals surface area contributed by atoms with Crippen molar-refractivity contribution in [1.29, 1.82) is 0 Å². The number of fused-ring (bicyclic) bond motifs is 1. The number of benzene rings is 2. The molecule has 156 valence electrons. The van der Waals surface area contributed by atoms with Crippen LogP contribution in [0.3, 0.4) is 0 Å². The molecule has 0 aliphatic rings. The van der Waals surface area contributed by atoms with Crippen LogP contribution < -0.4 is 16.4 Å². The molecule has 0 saturated carbocycles. The van der Waals surface area contributed by atoms with Crippen LogP contribution in [-0.2, 0) is 6.54 Å². The highest BCUT2D eigenvalue weighted by Crippen LogP contribution is 2.14. The number of hydrogen-bond donors (Lipinski definition) is 2. The molecule has 1 amide bonds. The SMILES string of the molecule is C[C@@H](CNC(=O)c1ccc(Cn2c(=O)c(=O)[nH]c3cccnc32)cc1)c1ccccc1. The van der Waals surface area contributed by atoms with Crippen LogP contribution in [0.2, 0.25) is 0 Å². The molecule has 0 bridgehead atoms. The topological polar surface area (TPSA) is 96.9 Å². The number of hydrogen-bond acceptors (Lipinski definition) is 4. The predicted octanol–water partition coefficient (Wildman–Crippen LogP) is 2.67. The number of carbonyl (C=O) groups is 1. The Morgan fingerprint density at radius 1 is 1.03 bits per heavy atom. The molecule has 4 rings (SSSR count). The summed E-state index contributed by atoms with van der Waals surface area (Å²) in [5, 5.41) is 2.96. The van der Waals surface area contributed by atoms with Gasteiger partial charge in [0.1, 0.15) is 0 Å². The lowest BCUT2D eigenvalue weighted by molar-refractivity contribution is 0.0951. The summed E-state index contributed by atoms with van der Waals surface area (Å²) in [6.07, 6.45) is 1.57. The quantitative estimate of drug-likeness (QED) is 0.474. The van der Waals surface area contributed by atoms with E-state index in [0.29, 0.717) is 23.3 Å². The molecule has 1 atom stereocenters. The van der Waals surface area contributed by atoms with Gasteiger partial charge in [-0.1, -0.05) is 49.4 Å². The maximum atomic E-state index is 12.5. The first-order chi connectivity index (χ1) is 15.0. The molecule has 4 aromatic rings. The van der Waals surface area contributed by atoms with Gasteiger partial charge in [-0.05, 0) is 41.3 Å². The molecule has 0 unspecified atom stereocenters. The first-order valence-corrected chi connectivity index (χ1v) is 10.0. The summed E-state index contributed by atoms with van der Waals surface area (Å²) >= 11 is 0. The maximum Gasteiger partial charge on any atom is 0.318 e. The van der Waals surface area contributed by atoms with Gasteiger partial charge >= 0.3 is 11.1 Å². The Kier molecular flexibility index (Phi) is 5.75. The Bertz CT molecular complexity index is 1330. The Hall–Kier alpha value is -4.00. The van der Waals surface area contributed by atoms with E-state index in [4.69, 9.17) is 0 Å². The highest BCUT2D eigenvalue weighted by Gasteiger charge is 2.11. The molecule has 31 heavy (non-hydrogen) atoms. The van der Waals surface area contributed by atoms with Gasteiger partial charge in [0.25, 0.3) is 5.91 Å². The minimum atomic E-state index is -0.691. The Balaban J connectivity index is 1.47. The molecule has 0 fully saturated rings. The first kappa shape index (κ1) is 20.3. The fraction of sp³-hybridized carbons (Fsp3) is 0.167. The molecule has 2 N–H and O–H groups in total. The molecular weight excluding hydrogens is 392 g/mol. The lowest BCUT2D eigenvalue weighted by Gasteiger charge is -2.13. The number of rotatable bonds is 6. The summed E-state index contributed by atoms with van der Waals surface area (Å²) in [6.45, 7) is 2.78. The minimum Gasteiger partial charge on any atom is -0.351 e.